The van der Waals surface area contributed by atoms with Gasteiger partial charge in [0.15, 0.2) is 0 Å². The van der Waals surface area contributed by atoms with Crippen molar-refractivity contribution in [2.45, 2.75) is 57.1 Å². The van der Waals surface area contributed by atoms with Gasteiger partial charge < -0.3 is 15.0 Å². The number of amides is 1. The molecule has 1 N–H and O–H groups in total. The van der Waals surface area contributed by atoms with E-state index in [4.69, 9.17) is 4.74 Å². The Hall–Kier alpha value is -1.66. The largest absolute Gasteiger partial charge is 0.368 e. The lowest BCUT2D eigenvalue weighted by Gasteiger charge is -2.37. The molecule has 2 saturated heterocycles. The summed E-state index contributed by atoms with van der Waals surface area (Å²) in [6.45, 7) is 5.64. The second kappa shape index (κ2) is 9.90. The molecule has 3 aliphatic rings. The highest BCUT2D eigenvalue weighted by atomic mass is 19.1. The molecule has 0 spiro atoms. The summed E-state index contributed by atoms with van der Waals surface area (Å²) in [6, 6.07) is 7.40. The third-order valence-electron chi connectivity index (χ3n) is 6.83. The monoisotopic (exact) mass is 403 g/mol. The molecule has 1 amide bonds. The van der Waals surface area contributed by atoms with Gasteiger partial charge in [-0.2, -0.15) is 0 Å². The first kappa shape index (κ1) is 20.6. The molecule has 0 bridgehead atoms. The van der Waals surface area contributed by atoms with Crippen LogP contribution in [-0.4, -0.2) is 62.3 Å². The zero-order valence-corrected chi connectivity index (χ0v) is 17.3. The standard InChI is InChI=1S/C23H34FN3O2/c24-20-4-1-2-5-21(20)27-15-13-26(14-16-27)12-11-18-7-9-19(10-8-18)25-23(28)22-6-3-17-29-22/h1-2,4-5,18-19,22H,3,6-17H2,(H,25,28). The molecule has 4 rings (SSSR count). The Balaban J connectivity index is 1.12. The van der Waals surface area contributed by atoms with Crippen LogP contribution < -0.4 is 10.2 Å². The highest BCUT2D eigenvalue weighted by Crippen LogP contribution is 2.28. The predicted octanol–water partition coefficient (Wildman–Crippen LogP) is 3.19. The maximum Gasteiger partial charge on any atom is 0.249 e. The van der Waals surface area contributed by atoms with E-state index in [0.29, 0.717) is 6.04 Å². The third-order valence-corrected chi connectivity index (χ3v) is 6.83. The average Bonchev–Trinajstić information content (AvgIpc) is 3.29. The van der Waals surface area contributed by atoms with Gasteiger partial charge in [-0.05, 0) is 69.5 Å². The smallest absolute Gasteiger partial charge is 0.249 e. The van der Waals surface area contributed by atoms with Crippen LogP contribution in [0.4, 0.5) is 10.1 Å². The molecule has 1 aromatic carbocycles. The Bertz CT molecular complexity index is 664. The molecule has 29 heavy (non-hydrogen) atoms. The van der Waals surface area contributed by atoms with Crippen molar-refractivity contribution in [3.63, 3.8) is 0 Å². The predicted molar refractivity (Wildman–Crippen MR) is 113 cm³/mol. The molecule has 0 aromatic heterocycles. The number of hydrogen-bond donors (Lipinski definition) is 1. The quantitative estimate of drug-likeness (QED) is 0.792. The van der Waals surface area contributed by atoms with Crippen molar-refractivity contribution in [3.8, 4) is 0 Å². The highest BCUT2D eigenvalue weighted by Gasteiger charge is 2.28. The van der Waals surface area contributed by atoms with E-state index in [0.717, 1.165) is 76.6 Å². The molecule has 2 aliphatic heterocycles. The Morgan fingerprint density at radius 3 is 2.52 bits per heavy atom. The number of para-hydroxylation sites is 1. The van der Waals surface area contributed by atoms with Gasteiger partial charge in [-0.15, -0.1) is 0 Å². The molecule has 1 aromatic rings. The summed E-state index contributed by atoms with van der Waals surface area (Å²) in [5.74, 6) is 0.735. The fourth-order valence-electron chi connectivity index (χ4n) is 4.96. The van der Waals surface area contributed by atoms with Gasteiger partial charge in [-0.25, -0.2) is 4.39 Å². The first-order valence-corrected chi connectivity index (χ1v) is 11.3. The van der Waals surface area contributed by atoms with Gasteiger partial charge in [0, 0.05) is 38.8 Å². The second-order valence-corrected chi connectivity index (χ2v) is 8.80. The number of halogens is 1. The zero-order chi connectivity index (χ0) is 20.1. The summed E-state index contributed by atoms with van der Waals surface area (Å²) in [5.41, 5.74) is 0.732. The number of carbonyl (C=O) groups is 1. The first-order chi connectivity index (χ1) is 14.2. The summed E-state index contributed by atoms with van der Waals surface area (Å²) >= 11 is 0. The van der Waals surface area contributed by atoms with Crippen LogP contribution in [0.25, 0.3) is 0 Å². The van der Waals surface area contributed by atoms with E-state index in [-0.39, 0.29) is 17.8 Å². The van der Waals surface area contributed by atoms with Crippen LogP contribution in [-0.2, 0) is 9.53 Å². The van der Waals surface area contributed by atoms with Gasteiger partial charge in [0.25, 0.3) is 0 Å². The molecule has 5 nitrogen and oxygen atoms in total. The Morgan fingerprint density at radius 1 is 1.07 bits per heavy atom. The number of carbonyl (C=O) groups excluding carboxylic acids is 1. The number of benzene rings is 1. The highest BCUT2D eigenvalue weighted by molar-refractivity contribution is 5.81. The van der Waals surface area contributed by atoms with E-state index in [1.54, 1.807) is 12.1 Å². The van der Waals surface area contributed by atoms with Crippen molar-refractivity contribution >= 4 is 11.6 Å². The molecule has 2 heterocycles. The van der Waals surface area contributed by atoms with Crippen LogP contribution >= 0.6 is 0 Å². The molecule has 3 fully saturated rings. The summed E-state index contributed by atoms with van der Waals surface area (Å²) < 4.78 is 19.5. The minimum Gasteiger partial charge on any atom is -0.368 e. The number of ether oxygens (including phenoxy) is 1. The summed E-state index contributed by atoms with van der Waals surface area (Å²) in [7, 11) is 0. The summed E-state index contributed by atoms with van der Waals surface area (Å²) in [4.78, 5) is 16.9. The van der Waals surface area contributed by atoms with Crippen LogP contribution in [0.3, 0.4) is 0 Å². The third kappa shape index (κ3) is 5.48. The molecule has 1 aliphatic carbocycles. The second-order valence-electron chi connectivity index (χ2n) is 8.80. The SMILES string of the molecule is O=C(NC1CCC(CCN2CCN(c3ccccc3F)CC2)CC1)C1CCCO1. The van der Waals surface area contributed by atoms with Gasteiger partial charge >= 0.3 is 0 Å². The van der Waals surface area contributed by atoms with Crippen molar-refractivity contribution in [3.05, 3.63) is 30.1 Å². The van der Waals surface area contributed by atoms with E-state index in [1.165, 1.54) is 19.3 Å². The molecular formula is C23H34FN3O2. The summed E-state index contributed by atoms with van der Waals surface area (Å²) in [6.07, 6.45) is 7.46. The fraction of sp³-hybridized carbons (Fsp3) is 0.696. The molecule has 0 radical (unpaired) electrons. The van der Waals surface area contributed by atoms with Crippen LogP contribution in [0, 0.1) is 11.7 Å². The normalized spacial score (nSPS) is 28.4. The number of anilines is 1. The van der Waals surface area contributed by atoms with Crippen molar-refractivity contribution in [2.75, 3.05) is 44.2 Å². The van der Waals surface area contributed by atoms with E-state index in [9.17, 15) is 9.18 Å². The van der Waals surface area contributed by atoms with Gasteiger partial charge in [0.05, 0.1) is 5.69 Å². The average molecular weight is 404 g/mol. The Morgan fingerprint density at radius 2 is 1.83 bits per heavy atom. The number of rotatable bonds is 6. The van der Waals surface area contributed by atoms with E-state index in [1.807, 2.05) is 12.1 Å². The minimum atomic E-state index is -0.212. The van der Waals surface area contributed by atoms with Gasteiger partial charge in [-0.1, -0.05) is 12.1 Å². The van der Waals surface area contributed by atoms with Crippen LogP contribution in [0.2, 0.25) is 0 Å². The number of hydrogen-bond acceptors (Lipinski definition) is 4. The molecule has 6 heteroatoms. The maximum absolute atomic E-state index is 14.0. The molecule has 1 saturated carbocycles. The van der Waals surface area contributed by atoms with Gasteiger partial charge in [0.2, 0.25) is 5.91 Å². The Kier molecular flexibility index (Phi) is 7.03. The van der Waals surface area contributed by atoms with Gasteiger partial charge in [-0.3, -0.25) is 9.69 Å². The van der Waals surface area contributed by atoms with E-state index < -0.39 is 0 Å². The van der Waals surface area contributed by atoms with Crippen LogP contribution in [0.5, 0.6) is 0 Å². The number of piperazine rings is 1. The molecule has 1 atom stereocenters. The maximum atomic E-state index is 14.0. The number of nitrogens with one attached hydrogen (secondary N) is 1. The van der Waals surface area contributed by atoms with Crippen LogP contribution in [0.1, 0.15) is 44.9 Å². The van der Waals surface area contributed by atoms with Crippen molar-refractivity contribution < 1.29 is 13.9 Å². The zero-order valence-electron chi connectivity index (χ0n) is 17.3. The van der Waals surface area contributed by atoms with Crippen molar-refractivity contribution in [2.24, 2.45) is 5.92 Å². The number of nitrogens with zero attached hydrogens (tertiary/aromatic N) is 2. The topological polar surface area (TPSA) is 44.8 Å². The van der Waals surface area contributed by atoms with Crippen molar-refractivity contribution in [1.29, 1.82) is 0 Å². The summed E-state index contributed by atoms with van der Waals surface area (Å²) in [5, 5.41) is 3.20. The molecule has 1 unspecified atom stereocenters. The fourth-order valence-corrected chi connectivity index (χ4v) is 4.96. The van der Waals surface area contributed by atoms with Crippen LogP contribution in [0.15, 0.2) is 24.3 Å². The molecule has 160 valence electrons. The lowest BCUT2D eigenvalue weighted by atomic mass is 9.84. The Labute approximate surface area is 173 Å². The minimum absolute atomic E-state index is 0.0960. The lowest BCUT2D eigenvalue weighted by Crippen LogP contribution is -2.47. The first-order valence-electron chi connectivity index (χ1n) is 11.3. The van der Waals surface area contributed by atoms with Gasteiger partial charge in [0.1, 0.15) is 11.9 Å². The van der Waals surface area contributed by atoms with Crippen molar-refractivity contribution in [1.82, 2.24) is 10.2 Å². The van der Waals surface area contributed by atoms with E-state index >= 15 is 0 Å². The van der Waals surface area contributed by atoms with E-state index in [2.05, 4.69) is 15.1 Å². The lowest BCUT2D eigenvalue weighted by molar-refractivity contribution is -0.131. The molecular weight excluding hydrogens is 369 g/mol.